The van der Waals surface area contributed by atoms with Crippen molar-refractivity contribution in [2.75, 3.05) is 0 Å². The number of hydrogen-bond donors (Lipinski definition) is 0. The first-order valence-corrected chi connectivity index (χ1v) is 8.64. The van der Waals surface area contributed by atoms with Gasteiger partial charge in [-0.25, -0.2) is 9.37 Å². The SMILES string of the molecule is Cc1sc(-c2cc(Br)ccc2F)nc1-c1ccccc1Br. The van der Waals surface area contributed by atoms with Crippen molar-refractivity contribution < 1.29 is 4.39 Å². The van der Waals surface area contributed by atoms with Crippen LogP contribution in [0.3, 0.4) is 0 Å². The smallest absolute Gasteiger partial charge is 0.133 e. The van der Waals surface area contributed by atoms with Crippen molar-refractivity contribution in [1.82, 2.24) is 4.98 Å². The first-order valence-electron chi connectivity index (χ1n) is 6.24. The Balaban J connectivity index is 2.14. The number of thiazole rings is 1. The molecule has 0 aliphatic rings. The molecule has 1 nitrogen and oxygen atoms in total. The van der Waals surface area contributed by atoms with Crippen LogP contribution in [0.15, 0.2) is 51.4 Å². The van der Waals surface area contributed by atoms with E-state index in [-0.39, 0.29) is 5.82 Å². The summed E-state index contributed by atoms with van der Waals surface area (Å²) in [6.07, 6.45) is 0. The van der Waals surface area contributed by atoms with Crippen molar-refractivity contribution in [3.8, 4) is 21.8 Å². The van der Waals surface area contributed by atoms with Crippen molar-refractivity contribution in [3.05, 3.63) is 62.1 Å². The van der Waals surface area contributed by atoms with Gasteiger partial charge in [-0.3, -0.25) is 0 Å². The van der Waals surface area contributed by atoms with Crippen molar-refractivity contribution in [1.29, 1.82) is 0 Å². The zero-order valence-electron chi connectivity index (χ0n) is 11.0. The van der Waals surface area contributed by atoms with E-state index in [4.69, 9.17) is 0 Å². The van der Waals surface area contributed by atoms with Gasteiger partial charge in [-0.15, -0.1) is 11.3 Å². The van der Waals surface area contributed by atoms with Gasteiger partial charge < -0.3 is 0 Å². The lowest BCUT2D eigenvalue weighted by molar-refractivity contribution is 0.631. The highest BCUT2D eigenvalue weighted by Gasteiger charge is 2.15. The Hall–Kier alpha value is -1.04. The second kappa shape index (κ2) is 5.99. The minimum absolute atomic E-state index is 0.259. The molecule has 2 aromatic carbocycles. The van der Waals surface area contributed by atoms with Crippen LogP contribution in [0.2, 0.25) is 0 Å². The lowest BCUT2D eigenvalue weighted by Crippen LogP contribution is -1.85. The highest BCUT2D eigenvalue weighted by atomic mass is 79.9. The van der Waals surface area contributed by atoms with E-state index in [1.54, 1.807) is 12.1 Å². The third-order valence-electron chi connectivity index (χ3n) is 3.08. The molecule has 3 rings (SSSR count). The fraction of sp³-hybridized carbons (Fsp3) is 0.0625. The molecule has 0 bridgehead atoms. The highest BCUT2D eigenvalue weighted by molar-refractivity contribution is 9.10. The van der Waals surface area contributed by atoms with Crippen molar-refractivity contribution in [2.24, 2.45) is 0 Å². The second-order valence-electron chi connectivity index (χ2n) is 4.53. The van der Waals surface area contributed by atoms with E-state index in [0.29, 0.717) is 10.6 Å². The maximum absolute atomic E-state index is 14.0. The molecule has 106 valence electrons. The lowest BCUT2D eigenvalue weighted by atomic mass is 10.1. The molecule has 3 aromatic rings. The summed E-state index contributed by atoms with van der Waals surface area (Å²) in [6, 6.07) is 12.8. The number of nitrogens with zero attached hydrogens (tertiary/aromatic N) is 1. The van der Waals surface area contributed by atoms with E-state index in [0.717, 1.165) is 25.1 Å². The normalized spacial score (nSPS) is 10.9. The van der Waals surface area contributed by atoms with Gasteiger partial charge in [0.15, 0.2) is 0 Å². The van der Waals surface area contributed by atoms with Crippen LogP contribution >= 0.6 is 43.2 Å². The summed E-state index contributed by atoms with van der Waals surface area (Å²) in [6.45, 7) is 2.01. The van der Waals surface area contributed by atoms with E-state index in [2.05, 4.69) is 36.8 Å². The van der Waals surface area contributed by atoms with Gasteiger partial charge in [0.05, 0.1) is 5.69 Å². The highest BCUT2D eigenvalue weighted by Crippen LogP contribution is 2.37. The number of rotatable bonds is 2. The van der Waals surface area contributed by atoms with Crippen LogP contribution in [-0.4, -0.2) is 4.98 Å². The largest absolute Gasteiger partial charge is 0.236 e. The van der Waals surface area contributed by atoms with Gasteiger partial charge in [0.2, 0.25) is 0 Å². The summed E-state index contributed by atoms with van der Waals surface area (Å²) in [5.41, 5.74) is 2.44. The summed E-state index contributed by atoms with van der Waals surface area (Å²) >= 11 is 8.42. The number of benzene rings is 2. The summed E-state index contributed by atoms with van der Waals surface area (Å²) < 4.78 is 15.8. The molecule has 1 aromatic heterocycles. The zero-order chi connectivity index (χ0) is 15.0. The van der Waals surface area contributed by atoms with Crippen LogP contribution < -0.4 is 0 Å². The molecular weight excluding hydrogens is 417 g/mol. The molecule has 0 radical (unpaired) electrons. The van der Waals surface area contributed by atoms with Crippen LogP contribution in [0.5, 0.6) is 0 Å². The quantitative estimate of drug-likeness (QED) is 0.458. The topological polar surface area (TPSA) is 12.9 Å². The van der Waals surface area contributed by atoms with E-state index in [1.165, 1.54) is 17.4 Å². The van der Waals surface area contributed by atoms with E-state index >= 15 is 0 Å². The van der Waals surface area contributed by atoms with E-state index < -0.39 is 0 Å². The monoisotopic (exact) mass is 425 g/mol. The molecule has 0 amide bonds. The van der Waals surface area contributed by atoms with Crippen LogP contribution in [0, 0.1) is 12.7 Å². The Morgan fingerprint density at radius 3 is 2.57 bits per heavy atom. The maximum Gasteiger partial charge on any atom is 0.133 e. The molecule has 0 aliphatic heterocycles. The van der Waals surface area contributed by atoms with Gasteiger partial charge in [0.1, 0.15) is 10.8 Å². The molecular formula is C16H10Br2FNS. The molecule has 0 spiro atoms. The first-order chi connectivity index (χ1) is 10.1. The molecule has 21 heavy (non-hydrogen) atoms. The fourth-order valence-corrected chi connectivity index (χ4v) is 3.86. The van der Waals surface area contributed by atoms with Gasteiger partial charge in [0.25, 0.3) is 0 Å². The minimum Gasteiger partial charge on any atom is -0.236 e. The van der Waals surface area contributed by atoms with Crippen molar-refractivity contribution in [3.63, 3.8) is 0 Å². The van der Waals surface area contributed by atoms with Crippen LogP contribution in [0.1, 0.15) is 4.88 Å². The predicted octanol–water partition coefficient (Wildman–Crippen LogP) is 6.45. The van der Waals surface area contributed by atoms with Gasteiger partial charge in [-0.1, -0.05) is 50.1 Å². The number of aryl methyl sites for hydroxylation is 1. The average Bonchev–Trinajstić information content (AvgIpc) is 2.84. The van der Waals surface area contributed by atoms with Gasteiger partial charge >= 0.3 is 0 Å². The molecule has 0 saturated heterocycles. The Kier molecular flexibility index (Phi) is 4.24. The van der Waals surface area contributed by atoms with Crippen LogP contribution in [0.4, 0.5) is 4.39 Å². The van der Waals surface area contributed by atoms with Gasteiger partial charge in [0, 0.05) is 24.9 Å². The zero-order valence-corrected chi connectivity index (χ0v) is 15.0. The van der Waals surface area contributed by atoms with Gasteiger partial charge in [-0.05, 0) is 31.2 Å². The summed E-state index contributed by atoms with van der Waals surface area (Å²) in [4.78, 5) is 5.71. The molecule has 0 atom stereocenters. The average molecular weight is 427 g/mol. The minimum atomic E-state index is -0.259. The Morgan fingerprint density at radius 1 is 1.05 bits per heavy atom. The summed E-state index contributed by atoms with van der Waals surface area (Å²) in [7, 11) is 0. The van der Waals surface area contributed by atoms with Crippen molar-refractivity contribution >= 4 is 43.2 Å². The standard InChI is InChI=1S/C16H10Br2FNS/c1-9-15(11-4-2-3-5-13(11)18)20-16(21-9)12-8-10(17)6-7-14(12)19/h2-8H,1H3. The number of hydrogen-bond acceptors (Lipinski definition) is 2. The molecule has 1 heterocycles. The van der Waals surface area contributed by atoms with Crippen LogP contribution in [0.25, 0.3) is 21.8 Å². The van der Waals surface area contributed by atoms with Crippen molar-refractivity contribution in [2.45, 2.75) is 6.92 Å². The second-order valence-corrected chi connectivity index (χ2v) is 7.50. The third kappa shape index (κ3) is 2.96. The lowest BCUT2D eigenvalue weighted by Gasteiger charge is -2.02. The maximum atomic E-state index is 14.0. The summed E-state index contributed by atoms with van der Waals surface area (Å²) in [5.74, 6) is -0.259. The Bertz CT molecular complexity index is 814. The third-order valence-corrected chi connectivity index (χ3v) is 5.27. The fourth-order valence-electron chi connectivity index (χ4n) is 2.08. The Morgan fingerprint density at radius 2 is 1.81 bits per heavy atom. The van der Waals surface area contributed by atoms with Gasteiger partial charge in [-0.2, -0.15) is 0 Å². The molecule has 0 saturated carbocycles. The first kappa shape index (κ1) is 14.9. The Labute approximate surface area is 143 Å². The van der Waals surface area contributed by atoms with E-state index in [9.17, 15) is 4.39 Å². The van der Waals surface area contributed by atoms with E-state index in [1.807, 2.05) is 31.2 Å². The molecule has 0 unspecified atom stereocenters. The number of halogens is 3. The number of aromatic nitrogens is 1. The predicted molar refractivity (Wildman–Crippen MR) is 93.1 cm³/mol. The summed E-state index contributed by atoms with van der Waals surface area (Å²) in [5, 5.41) is 0.692. The molecule has 0 N–H and O–H groups in total. The molecule has 0 aliphatic carbocycles. The van der Waals surface area contributed by atoms with Crippen LogP contribution in [-0.2, 0) is 0 Å². The molecule has 0 fully saturated rings. The molecule has 5 heteroatoms.